The van der Waals surface area contributed by atoms with Crippen LogP contribution < -0.4 is 5.32 Å². The lowest BCUT2D eigenvalue weighted by molar-refractivity contribution is -0.127. The second-order valence-corrected chi connectivity index (χ2v) is 7.72. The standard InChI is InChI=1S/C18H25N7OS/c1-13-20-15(10-16(21-13)22-18-23-19-12-27-18)14-6-4-9-25(11-14)17(26)7-5-8-24(2)3/h5,7,10,12,14H,4,6,8-9,11H2,1-3H3,(H,20,21,22,23). The van der Waals surface area contributed by atoms with Gasteiger partial charge in [-0.3, -0.25) is 4.79 Å². The van der Waals surface area contributed by atoms with Crippen LogP contribution in [0.1, 0.15) is 30.3 Å². The monoisotopic (exact) mass is 387 g/mol. The molecule has 1 amide bonds. The van der Waals surface area contributed by atoms with Crippen LogP contribution in [0.15, 0.2) is 23.7 Å². The van der Waals surface area contributed by atoms with E-state index in [9.17, 15) is 4.79 Å². The van der Waals surface area contributed by atoms with Crippen LogP contribution in [0.5, 0.6) is 0 Å². The smallest absolute Gasteiger partial charge is 0.246 e. The highest BCUT2D eigenvalue weighted by molar-refractivity contribution is 7.13. The molecule has 2 aromatic heterocycles. The fraction of sp³-hybridized carbons (Fsp3) is 0.500. The van der Waals surface area contributed by atoms with Gasteiger partial charge >= 0.3 is 0 Å². The van der Waals surface area contributed by atoms with Crippen molar-refractivity contribution < 1.29 is 4.79 Å². The number of aromatic nitrogens is 4. The van der Waals surface area contributed by atoms with Crippen LogP contribution in [0.3, 0.4) is 0 Å². The highest BCUT2D eigenvalue weighted by Gasteiger charge is 2.25. The van der Waals surface area contributed by atoms with Crippen molar-refractivity contribution in [1.82, 2.24) is 30.0 Å². The first-order valence-corrected chi connectivity index (χ1v) is 9.88. The van der Waals surface area contributed by atoms with Crippen molar-refractivity contribution in [3.63, 3.8) is 0 Å². The van der Waals surface area contributed by atoms with E-state index in [-0.39, 0.29) is 11.8 Å². The normalized spacial score (nSPS) is 17.6. The van der Waals surface area contributed by atoms with Crippen molar-refractivity contribution in [2.75, 3.05) is 39.0 Å². The van der Waals surface area contributed by atoms with Gasteiger partial charge in [0.1, 0.15) is 17.2 Å². The molecule has 0 bridgehead atoms. The van der Waals surface area contributed by atoms with E-state index in [2.05, 4.69) is 25.5 Å². The first-order chi connectivity index (χ1) is 13.0. The molecule has 1 unspecified atom stereocenters. The lowest BCUT2D eigenvalue weighted by Gasteiger charge is -2.32. The summed E-state index contributed by atoms with van der Waals surface area (Å²) in [5, 5.41) is 11.7. The quantitative estimate of drug-likeness (QED) is 0.760. The van der Waals surface area contributed by atoms with Crippen molar-refractivity contribution in [2.45, 2.75) is 25.7 Å². The first-order valence-electron chi connectivity index (χ1n) is 9.00. The van der Waals surface area contributed by atoms with E-state index in [1.807, 2.05) is 43.0 Å². The summed E-state index contributed by atoms with van der Waals surface area (Å²) in [4.78, 5) is 25.5. The summed E-state index contributed by atoms with van der Waals surface area (Å²) in [6, 6.07) is 1.95. The molecular weight excluding hydrogens is 362 g/mol. The summed E-state index contributed by atoms with van der Waals surface area (Å²) >= 11 is 1.42. The number of aryl methyl sites for hydroxylation is 1. The molecule has 1 aliphatic heterocycles. The van der Waals surface area contributed by atoms with Gasteiger partial charge in [0.15, 0.2) is 0 Å². The summed E-state index contributed by atoms with van der Waals surface area (Å²) in [7, 11) is 3.97. The average molecular weight is 388 g/mol. The molecule has 1 fully saturated rings. The molecule has 1 N–H and O–H groups in total. The number of carbonyl (C=O) groups excluding carboxylic acids is 1. The van der Waals surface area contributed by atoms with Gasteiger partial charge in [-0.25, -0.2) is 9.97 Å². The van der Waals surface area contributed by atoms with Gasteiger partial charge in [0.25, 0.3) is 0 Å². The Hall–Kier alpha value is -2.39. The Morgan fingerprint density at radius 3 is 3.04 bits per heavy atom. The number of carbonyl (C=O) groups is 1. The van der Waals surface area contributed by atoms with Crippen LogP contribution >= 0.6 is 11.3 Å². The van der Waals surface area contributed by atoms with Crippen LogP contribution in [0.2, 0.25) is 0 Å². The van der Waals surface area contributed by atoms with Crippen molar-refractivity contribution in [3.8, 4) is 0 Å². The SMILES string of the molecule is Cc1nc(Nc2nncs2)cc(C2CCCN(C(=O)C=CCN(C)C)C2)n1. The molecule has 1 saturated heterocycles. The number of anilines is 2. The van der Waals surface area contributed by atoms with E-state index in [0.717, 1.165) is 31.6 Å². The van der Waals surface area contributed by atoms with Crippen molar-refractivity contribution in [3.05, 3.63) is 35.2 Å². The van der Waals surface area contributed by atoms with Crippen molar-refractivity contribution >= 4 is 28.2 Å². The predicted octanol–water partition coefficient (Wildman–Crippen LogP) is 2.20. The molecule has 2 aromatic rings. The largest absolute Gasteiger partial charge is 0.339 e. The van der Waals surface area contributed by atoms with E-state index in [0.29, 0.717) is 23.3 Å². The number of hydrogen-bond acceptors (Lipinski definition) is 8. The Bertz CT molecular complexity index is 791. The molecule has 144 valence electrons. The molecule has 27 heavy (non-hydrogen) atoms. The fourth-order valence-corrected chi connectivity index (χ4v) is 3.54. The Labute approximate surface area is 163 Å². The third kappa shape index (κ3) is 5.54. The number of piperidine rings is 1. The average Bonchev–Trinajstić information content (AvgIpc) is 3.14. The summed E-state index contributed by atoms with van der Waals surface area (Å²) < 4.78 is 0. The number of rotatable bonds is 6. The number of nitrogens with zero attached hydrogens (tertiary/aromatic N) is 6. The van der Waals surface area contributed by atoms with Crippen molar-refractivity contribution in [1.29, 1.82) is 0 Å². The minimum Gasteiger partial charge on any atom is -0.339 e. The molecule has 9 heteroatoms. The number of likely N-dealkylation sites (tertiary alicyclic amines) is 1. The fourth-order valence-electron chi connectivity index (χ4n) is 3.09. The number of likely N-dealkylation sites (N-methyl/N-ethyl adjacent to an activating group) is 1. The van der Waals surface area contributed by atoms with E-state index in [1.54, 1.807) is 11.6 Å². The Morgan fingerprint density at radius 1 is 1.44 bits per heavy atom. The first kappa shape index (κ1) is 19.4. The molecule has 1 atom stereocenters. The van der Waals surface area contributed by atoms with Crippen LogP contribution in [-0.2, 0) is 4.79 Å². The van der Waals surface area contributed by atoms with Crippen LogP contribution in [-0.4, -0.2) is 69.6 Å². The van der Waals surface area contributed by atoms with Crippen LogP contribution in [0.25, 0.3) is 0 Å². The van der Waals surface area contributed by atoms with E-state index >= 15 is 0 Å². The van der Waals surface area contributed by atoms with Crippen LogP contribution in [0, 0.1) is 6.92 Å². The minimum atomic E-state index is 0.0690. The minimum absolute atomic E-state index is 0.0690. The van der Waals surface area contributed by atoms with Gasteiger partial charge in [0, 0.05) is 37.7 Å². The Morgan fingerprint density at radius 2 is 2.30 bits per heavy atom. The highest BCUT2D eigenvalue weighted by atomic mass is 32.1. The van der Waals surface area contributed by atoms with E-state index in [4.69, 9.17) is 0 Å². The van der Waals surface area contributed by atoms with Gasteiger partial charge in [-0.05, 0) is 33.9 Å². The second kappa shape index (κ2) is 9.01. The Balaban J connectivity index is 1.69. The number of hydrogen-bond donors (Lipinski definition) is 1. The van der Waals surface area contributed by atoms with Gasteiger partial charge < -0.3 is 15.1 Å². The molecule has 0 radical (unpaired) electrons. The van der Waals surface area contributed by atoms with E-state index < -0.39 is 0 Å². The van der Waals surface area contributed by atoms with Crippen LogP contribution in [0.4, 0.5) is 10.9 Å². The molecule has 0 aliphatic carbocycles. The maximum absolute atomic E-state index is 12.5. The molecule has 8 nitrogen and oxygen atoms in total. The van der Waals surface area contributed by atoms with Gasteiger partial charge in [-0.15, -0.1) is 10.2 Å². The highest BCUT2D eigenvalue weighted by Crippen LogP contribution is 2.28. The lowest BCUT2D eigenvalue weighted by Crippen LogP contribution is -2.38. The predicted molar refractivity (Wildman–Crippen MR) is 106 cm³/mol. The summed E-state index contributed by atoms with van der Waals surface area (Å²) in [5.41, 5.74) is 2.63. The molecule has 0 spiro atoms. The Kier molecular flexibility index (Phi) is 6.46. The number of nitrogens with one attached hydrogen (secondary N) is 1. The van der Waals surface area contributed by atoms with Gasteiger partial charge in [-0.2, -0.15) is 0 Å². The maximum atomic E-state index is 12.5. The summed E-state index contributed by atoms with van der Waals surface area (Å²) in [6.07, 6.45) is 5.57. The molecular formula is C18H25N7OS. The van der Waals surface area contributed by atoms with Gasteiger partial charge in [-0.1, -0.05) is 17.4 Å². The maximum Gasteiger partial charge on any atom is 0.246 e. The zero-order valence-electron chi connectivity index (χ0n) is 15.9. The molecule has 3 rings (SSSR count). The van der Waals surface area contributed by atoms with E-state index in [1.165, 1.54) is 11.3 Å². The van der Waals surface area contributed by atoms with Gasteiger partial charge in [0.05, 0.1) is 5.69 Å². The summed E-state index contributed by atoms with van der Waals surface area (Å²) in [5.74, 6) is 1.69. The third-order valence-corrected chi connectivity index (χ3v) is 4.94. The third-order valence-electron chi connectivity index (χ3n) is 4.34. The topological polar surface area (TPSA) is 87.1 Å². The number of amides is 1. The van der Waals surface area contributed by atoms with Crippen molar-refractivity contribution in [2.24, 2.45) is 0 Å². The molecule has 0 saturated carbocycles. The second-order valence-electron chi connectivity index (χ2n) is 6.88. The summed E-state index contributed by atoms with van der Waals surface area (Å²) in [6.45, 7) is 4.11. The zero-order chi connectivity index (χ0) is 19.2. The zero-order valence-corrected chi connectivity index (χ0v) is 16.7. The molecule has 1 aliphatic rings. The molecule has 3 heterocycles. The lowest BCUT2D eigenvalue weighted by atomic mass is 9.94. The van der Waals surface area contributed by atoms with Gasteiger partial charge in [0.2, 0.25) is 11.0 Å². The molecule has 0 aromatic carbocycles.